The van der Waals surface area contributed by atoms with Crippen molar-refractivity contribution < 1.29 is 14.4 Å². The molecule has 0 radical (unpaired) electrons. The maximum absolute atomic E-state index is 12.5. The van der Waals surface area contributed by atoms with E-state index in [9.17, 15) is 4.79 Å². The molecule has 1 amide bonds. The Bertz CT molecular complexity index is 712. The predicted octanol–water partition coefficient (Wildman–Crippen LogP) is 1.38. The molecule has 3 rings (SSSR count). The summed E-state index contributed by atoms with van der Waals surface area (Å²) in [5, 5.41) is 3.09. The Kier molecular flexibility index (Phi) is 5.71. The number of nitrogens with one attached hydrogen (secondary N) is 2. The maximum Gasteiger partial charge on any atom is 0.278 e. The molecule has 4 nitrogen and oxygen atoms in total. The molecular weight excluding hydrogens is 312 g/mol. The predicted molar refractivity (Wildman–Crippen MR) is 98.8 cm³/mol. The van der Waals surface area contributed by atoms with Gasteiger partial charge in [-0.1, -0.05) is 36.4 Å². The number of benzene rings is 2. The fraction of sp³-hybridized carbons (Fsp3) is 0.381. The van der Waals surface area contributed by atoms with Crippen LogP contribution in [0, 0.1) is 0 Å². The van der Waals surface area contributed by atoms with Crippen molar-refractivity contribution in [3.05, 3.63) is 65.2 Å². The van der Waals surface area contributed by atoms with E-state index < -0.39 is 0 Å². The van der Waals surface area contributed by atoms with Crippen LogP contribution in [0.1, 0.15) is 23.6 Å². The van der Waals surface area contributed by atoms with E-state index in [0.29, 0.717) is 6.54 Å². The van der Waals surface area contributed by atoms with Crippen molar-refractivity contribution in [2.75, 3.05) is 20.2 Å². The molecule has 2 atom stereocenters. The van der Waals surface area contributed by atoms with Crippen molar-refractivity contribution in [1.82, 2.24) is 5.32 Å². The first-order valence-corrected chi connectivity index (χ1v) is 8.99. The Hall–Kier alpha value is -2.33. The van der Waals surface area contributed by atoms with Crippen LogP contribution in [0.2, 0.25) is 0 Å². The van der Waals surface area contributed by atoms with Gasteiger partial charge in [0, 0.05) is 18.5 Å². The number of ether oxygens (including phenoxy) is 1. The second-order valence-electron chi connectivity index (χ2n) is 6.71. The monoisotopic (exact) mass is 339 g/mol. The zero-order chi connectivity index (χ0) is 17.6. The van der Waals surface area contributed by atoms with Gasteiger partial charge in [0.05, 0.1) is 13.7 Å². The van der Waals surface area contributed by atoms with Crippen molar-refractivity contribution in [2.45, 2.75) is 32.4 Å². The molecule has 1 unspecified atom stereocenters. The number of quaternary nitrogens is 1. The first kappa shape index (κ1) is 17.5. The number of carbonyl (C=O) groups is 1. The smallest absolute Gasteiger partial charge is 0.278 e. The van der Waals surface area contributed by atoms with Crippen LogP contribution in [0.4, 0.5) is 0 Å². The minimum atomic E-state index is -0.0239. The number of rotatable bonds is 6. The molecule has 1 aliphatic heterocycles. The van der Waals surface area contributed by atoms with E-state index in [2.05, 4.69) is 29.6 Å². The van der Waals surface area contributed by atoms with Gasteiger partial charge in [0.2, 0.25) is 0 Å². The van der Waals surface area contributed by atoms with E-state index >= 15 is 0 Å². The summed E-state index contributed by atoms with van der Waals surface area (Å²) in [5.74, 6) is 0.998. The minimum Gasteiger partial charge on any atom is -0.497 e. The van der Waals surface area contributed by atoms with Gasteiger partial charge in [0.25, 0.3) is 5.91 Å². The van der Waals surface area contributed by atoms with Crippen LogP contribution in [-0.4, -0.2) is 32.1 Å². The lowest BCUT2D eigenvalue weighted by Crippen LogP contribution is -3.16. The number of carbonyl (C=O) groups excluding carboxylic acids is 1. The van der Waals surface area contributed by atoms with Crippen molar-refractivity contribution in [2.24, 2.45) is 0 Å². The summed E-state index contributed by atoms with van der Waals surface area (Å²) in [6, 6.07) is 16.5. The third-order valence-electron chi connectivity index (χ3n) is 5.13. The molecule has 25 heavy (non-hydrogen) atoms. The minimum absolute atomic E-state index is 0.0239. The SMILES string of the molecule is COc1ccc(CCNC(=O)[C@H](C)[NH+]2CCc3ccccc3C2)cc1. The largest absolute Gasteiger partial charge is 0.497 e. The highest BCUT2D eigenvalue weighted by molar-refractivity contribution is 5.79. The first-order valence-electron chi connectivity index (χ1n) is 8.99. The molecule has 4 heteroatoms. The lowest BCUT2D eigenvalue weighted by Gasteiger charge is -2.30. The Morgan fingerprint density at radius 3 is 2.60 bits per heavy atom. The molecule has 0 fully saturated rings. The first-order chi connectivity index (χ1) is 12.2. The number of hydrogen-bond acceptors (Lipinski definition) is 2. The molecule has 132 valence electrons. The average molecular weight is 339 g/mol. The summed E-state index contributed by atoms with van der Waals surface area (Å²) in [6.45, 7) is 4.65. The van der Waals surface area contributed by atoms with Crippen molar-refractivity contribution in [3.63, 3.8) is 0 Å². The molecule has 0 saturated carbocycles. The standard InChI is InChI=1S/C21H26N2O2/c1-16(23-14-12-18-5-3-4-6-19(18)15-23)21(24)22-13-11-17-7-9-20(25-2)10-8-17/h3-10,16H,11-15H2,1-2H3,(H,22,24)/p+1/t16-/m0/s1. The van der Waals surface area contributed by atoms with E-state index in [1.807, 2.05) is 31.2 Å². The van der Waals surface area contributed by atoms with E-state index in [0.717, 1.165) is 31.7 Å². The molecule has 0 spiro atoms. The number of amides is 1. The molecule has 2 aromatic rings. The Morgan fingerprint density at radius 1 is 1.16 bits per heavy atom. The zero-order valence-electron chi connectivity index (χ0n) is 15.0. The van der Waals surface area contributed by atoms with E-state index in [-0.39, 0.29) is 11.9 Å². The van der Waals surface area contributed by atoms with Crippen molar-refractivity contribution >= 4 is 5.91 Å². The summed E-state index contributed by atoms with van der Waals surface area (Å²) in [4.78, 5) is 13.8. The summed E-state index contributed by atoms with van der Waals surface area (Å²) in [6.07, 6.45) is 1.88. The van der Waals surface area contributed by atoms with Crippen LogP contribution < -0.4 is 15.0 Å². The lowest BCUT2D eigenvalue weighted by molar-refractivity contribution is -0.929. The van der Waals surface area contributed by atoms with Gasteiger partial charge in [-0.3, -0.25) is 4.79 Å². The highest BCUT2D eigenvalue weighted by atomic mass is 16.5. The molecule has 0 aromatic heterocycles. The number of methoxy groups -OCH3 is 1. The van der Waals surface area contributed by atoms with Crippen LogP contribution >= 0.6 is 0 Å². The van der Waals surface area contributed by atoms with E-state index in [4.69, 9.17) is 4.74 Å². The molecule has 1 heterocycles. The van der Waals surface area contributed by atoms with Crippen molar-refractivity contribution in [3.8, 4) is 5.75 Å². The Morgan fingerprint density at radius 2 is 1.88 bits per heavy atom. The van der Waals surface area contributed by atoms with E-state index in [1.54, 1.807) is 7.11 Å². The van der Waals surface area contributed by atoms with Crippen molar-refractivity contribution in [1.29, 1.82) is 0 Å². The van der Waals surface area contributed by atoms with Gasteiger partial charge < -0.3 is 15.0 Å². The molecule has 0 aliphatic carbocycles. The summed E-state index contributed by atoms with van der Waals surface area (Å²) in [7, 11) is 1.66. The van der Waals surface area contributed by atoms with E-state index in [1.165, 1.54) is 21.6 Å². The maximum atomic E-state index is 12.5. The van der Waals surface area contributed by atoms with Gasteiger partial charge in [0.15, 0.2) is 6.04 Å². The third kappa shape index (κ3) is 4.40. The summed E-state index contributed by atoms with van der Waals surface area (Å²) in [5.41, 5.74) is 4.01. The van der Waals surface area contributed by atoms with Gasteiger partial charge in [-0.15, -0.1) is 0 Å². The van der Waals surface area contributed by atoms with Crippen LogP contribution in [-0.2, 0) is 24.2 Å². The zero-order valence-corrected chi connectivity index (χ0v) is 15.0. The average Bonchev–Trinajstić information content (AvgIpc) is 2.67. The van der Waals surface area contributed by atoms with Crippen LogP contribution in [0.25, 0.3) is 0 Å². The van der Waals surface area contributed by atoms with Crippen LogP contribution in [0.15, 0.2) is 48.5 Å². The number of fused-ring (bicyclic) bond motifs is 1. The fourth-order valence-corrected chi connectivity index (χ4v) is 3.43. The second-order valence-corrected chi connectivity index (χ2v) is 6.71. The number of hydrogen-bond donors (Lipinski definition) is 2. The molecule has 1 aliphatic rings. The molecule has 0 bridgehead atoms. The highest BCUT2D eigenvalue weighted by Crippen LogP contribution is 2.12. The highest BCUT2D eigenvalue weighted by Gasteiger charge is 2.28. The van der Waals surface area contributed by atoms with Gasteiger partial charge in [-0.2, -0.15) is 0 Å². The second kappa shape index (κ2) is 8.17. The quantitative estimate of drug-likeness (QED) is 0.835. The van der Waals surface area contributed by atoms with Gasteiger partial charge in [-0.25, -0.2) is 0 Å². The van der Waals surface area contributed by atoms with Gasteiger partial charge in [0.1, 0.15) is 12.3 Å². The van der Waals surface area contributed by atoms with Gasteiger partial charge in [-0.05, 0) is 36.6 Å². The molecule has 2 N–H and O–H groups in total. The third-order valence-corrected chi connectivity index (χ3v) is 5.13. The topological polar surface area (TPSA) is 42.8 Å². The Labute approximate surface area is 149 Å². The molecular formula is C21H27N2O2+. The Balaban J connectivity index is 1.48. The molecule has 0 saturated heterocycles. The summed E-state index contributed by atoms with van der Waals surface area (Å²) >= 11 is 0. The lowest BCUT2D eigenvalue weighted by atomic mass is 9.99. The van der Waals surface area contributed by atoms with Gasteiger partial charge >= 0.3 is 0 Å². The van der Waals surface area contributed by atoms with Crippen LogP contribution in [0.3, 0.4) is 0 Å². The molecule has 2 aromatic carbocycles. The fourth-order valence-electron chi connectivity index (χ4n) is 3.43. The summed E-state index contributed by atoms with van der Waals surface area (Å²) < 4.78 is 5.16. The van der Waals surface area contributed by atoms with Crippen LogP contribution in [0.5, 0.6) is 5.75 Å². The normalized spacial score (nSPS) is 17.4.